The molecule has 23 heavy (non-hydrogen) atoms. The molecule has 2 atom stereocenters. The second kappa shape index (κ2) is 7.59. The Labute approximate surface area is 133 Å². The third kappa shape index (κ3) is 4.43. The summed E-state index contributed by atoms with van der Waals surface area (Å²) in [4.78, 5) is 36.2. The summed E-state index contributed by atoms with van der Waals surface area (Å²) in [6.07, 6.45) is -2.07. The lowest BCUT2D eigenvalue weighted by Crippen LogP contribution is -2.40. The second-order valence-corrected chi connectivity index (χ2v) is 5.20. The normalized spacial score (nSPS) is 20.1. The first kappa shape index (κ1) is 16.8. The van der Waals surface area contributed by atoms with Crippen molar-refractivity contribution < 1.29 is 24.2 Å². The minimum atomic E-state index is -1.46. The van der Waals surface area contributed by atoms with Crippen molar-refractivity contribution in [1.29, 1.82) is 0 Å². The second-order valence-electron chi connectivity index (χ2n) is 5.20. The van der Waals surface area contributed by atoms with Gasteiger partial charge in [-0.3, -0.25) is 9.59 Å². The van der Waals surface area contributed by atoms with E-state index >= 15 is 0 Å². The third-order valence-corrected chi connectivity index (χ3v) is 3.54. The first-order valence-corrected chi connectivity index (χ1v) is 7.26. The van der Waals surface area contributed by atoms with E-state index in [0.29, 0.717) is 5.56 Å². The van der Waals surface area contributed by atoms with Gasteiger partial charge in [0.25, 0.3) is 5.91 Å². The molecular weight excluding hydrogens is 302 g/mol. The summed E-state index contributed by atoms with van der Waals surface area (Å²) in [5, 5.41) is 11.6. The molecule has 1 aromatic carbocycles. The third-order valence-electron chi connectivity index (χ3n) is 3.54. The van der Waals surface area contributed by atoms with Crippen LogP contribution in [0, 0.1) is 0 Å². The Hall–Kier alpha value is -2.61. The maximum absolute atomic E-state index is 12.1. The topological polar surface area (TPSA) is 122 Å². The number of hydrogen-bond acceptors (Lipinski definition) is 5. The predicted molar refractivity (Wildman–Crippen MR) is 80.6 cm³/mol. The smallest absolute Gasteiger partial charge is 0.450 e. The molecule has 0 radical (unpaired) electrons. The molecule has 2 amide bonds. The van der Waals surface area contributed by atoms with Gasteiger partial charge in [-0.1, -0.05) is 18.2 Å². The van der Waals surface area contributed by atoms with Crippen LogP contribution in [0.4, 0.5) is 4.79 Å². The summed E-state index contributed by atoms with van der Waals surface area (Å²) in [5.74, 6) is -0.576. The van der Waals surface area contributed by atoms with E-state index in [2.05, 4.69) is 5.32 Å². The number of carboxylic acid groups (broad SMARTS) is 1. The molecule has 8 heteroatoms. The van der Waals surface area contributed by atoms with Crippen LogP contribution in [0.1, 0.15) is 23.2 Å². The molecule has 2 rings (SSSR count). The van der Waals surface area contributed by atoms with E-state index < -0.39 is 12.4 Å². The SMILES string of the molecule is NCCC(=O)N1CC(NC(=O)c2ccccc2)CC1OC(=O)O. The van der Waals surface area contributed by atoms with Gasteiger partial charge in [0.1, 0.15) is 0 Å². The van der Waals surface area contributed by atoms with Gasteiger partial charge in [0.05, 0.1) is 6.04 Å². The van der Waals surface area contributed by atoms with Crippen molar-refractivity contribution in [3.8, 4) is 0 Å². The Morgan fingerprint density at radius 1 is 1.30 bits per heavy atom. The molecule has 0 bridgehead atoms. The lowest BCUT2D eigenvalue weighted by Gasteiger charge is -2.22. The highest BCUT2D eigenvalue weighted by atomic mass is 16.7. The van der Waals surface area contributed by atoms with Gasteiger partial charge in [-0.2, -0.15) is 0 Å². The average Bonchev–Trinajstić information content (AvgIpc) is 2.90. The van der Waals surface area contributed by atoms with Crippen LogP contribution in [0.25, 0.3) is 0 Å². The van der Waals surface area contributed by atoms with E-state index in [1.165, 1.54) is 4.90 Å². The fourth-order valence-electron chi connectivity index (χ4n) is 2.52. The van der Waals surface area contributed by atoms with Gasteiger partial charge in [-0.15, -0.1) is 0 Å². The molecule has 8 nitrogen and oxygen atoms in total. The highest BCUT2D eigenvalue weighted by Gasteiger charge is 2.38. The molecule has 1 fully saturated rings. The number of nitrogens with one attached hydrogen (secondary N) is 1. The molecule has 0 spiro atoms. The van der Waals surface area contributed by atoms with Crippen LogP contribution in [-0.2, 0) is 9.53 Å². The number of benzene rings is 1. The van der Waals surface area contributed by atoms with E-state index in [0.717, 1.165) is 0 Å². The Kier molecular flexibility index (Phi) is 5.53. The summed E-state index contributed by atoms with van der Waals surface area (Å²) in [6.45, 7) is 0.353. The van der Waals surface area contributed by atoms with Crippen molar-refractivity contribution in [2.24, 2.45) is 5.73 Å². The number of amides is 2. The molecule has 1 aliphatic rings. The number of hydrogen-bond donors (Lipinski definition) is 3. The zero-order chi connectivity index (χ0) is 16.8. The lowest BCUT2D eigenvalue weighted by molar-refractivity contribution is -0.138. The Morgan fingerprint density at radius 2 is 2.00 bits per heavy atom. The van der Waals surface area contributed by atoms with Crippen molar-refractivity contribution in [2.75, 3.05) is 13.1 Å². The van der Waals surface area contributed by atoms with Crippen LogP contribution >= 0.6 is 0 Å². The molecule has 0 aromatic heterocycles. The minimum absolute atomic E-state index is 0.0961. The molecule has 1 aromatic rings. The van der Waals surface area contributed by atoms with Crippen LogP contribution in [0.2, 0.25) is 0 Å². The molecule has 2 unspecified atom stereocenters. The quantitative estimate of drug-likeness (QED) is 0.674. The first-order chi connectivity index (χ1) is 11.0. The molecule has 0 saturated carbocycles. The Bertz CT molecular complexity index is 578. The highest BCUT2D eigenvalue weighted by molar-refractivity contribution is 5.94. The van der Waals surface area contributed by atoms with Gasteiger partial charge in [0.15, 0.2) is 6.23 Å². The van der Waals surface area contributed by atoms with Gasteiger partial charge in [0.2, 0.25) is 5.91 Å². The Balaban J connectivity index is 2.02. The van der Waals surface area contributed by atoms with Crippen molar-refractivity contribution >= 4 is 18.0 Å². The van der Waals surface area contributed by atoms with E-state index in [9.17, 15) is 14.4 Å². The molecular formula is C15H19N3O5. The maximum atomic E-state index is 12.1. The van der Waals surface area contributed by atoms with Crippen LogP contribution in [0.3, 0.4) is 0 Å². The van der Waals surface area contributed by atoms with E-state index in [4.69, 9.17) is 15.6 Å². The van der Waals surface area contributed by atoms with Gasteiger partial charge in [-0.25, -0.2) is 4.79 Å². The van der Waals surface area contributed by atoms with Gasteiger partial charge < -0.3 is 25.8 Å². The first-order valence-electron chi connectivity index (χ1n) is 7.26. The summed E-state index contributed by atoms with van der Waals surface area (Å²) in [6, 6.07) is 8.26. The van der Waals surface area contributed by atoms with Crippen LogP contribution in [0.15, 0.2) is 30.3 Å². The van der Waals surface area contributed by atoms with Crippen molar-refractivity contribution in [1.82, 2.24) is 10.2 Å². The number of carbonyl (C=O) groups excluding carboxylic acids is 2. The predicted octanol–water partition coefficient (Wildman–Crippen LogP) is 0.387. The number of rotatable bonds is 5. The average molecular weight is 321 g/mol. The van der Waals surface area contributed by atoms with Crippen molar-refractivity contribution in [2.45, 2.75) is 25.1 Å². The largest absolute Gasteiger partial charge is 0.507 e. The summed E-state index contributed by atoms with van der Waals surface area (Å²) in [5.41, 5.74) is 5.86. The van der Waals surface area contributed by atoms with Crippen LogP contribution in [-0.4, -0.2) is 53.3 Å². The standard InChI is InChI=1S/C15H19N3O5/c16-7-6-12(19)18-9-11(8-13(18)23-15(21)22)17-14(20)10-4-2-1-3-5-10/h1-5,11,13H,6-9,16H2,(H,17,20)(H,21,22). The number of carbonyl (C=O) groups is 3. The fourth-order valence-corrected chi connectivity index (χ4v) is 2.52. The van der Waals surface area contributed by atoms with Gasteiger partial charge in [0, 0.05) is 31.5 Å². The summed E-state index contributed by atoms with van der Waals surface area (Å²) in [7, 11) is 0. The van der Waals surface area contributed by atoms with E-state index in [1.54, 1.807) is 30.3 Å². The maximum Gasteiger partial charge on any atom is 0.507 e. The zero-order valence-corrected chi connectivity index (χ0v) is 12.5. The molecule has 124 valence electrons. The Morgan fingerprint density at radius 3 is 2.61 bits per heavy atom. The number of nitrogens with two attached hydrogens (primary N) is 1. The zero-order valence-electron chi connectivity index (χ0n) is 12.5. The van der Waals surface area contributed by atoms with E-state index in [-0.39, 0.29) is 43.8 Å². The lowest BCUT2D eigenvalue weighted by atomic mass is 10.2. The van der Waals surface area contributed by atoms with Gasteiger partial charge >= 0.3 is 6.16 Å². The summed E-state index contributed by atoms with van der Waals surface area (Å²) < 4.78 is 4.74. The van der Waals surface area contributed by atoms with Gasteiger partial charge in [-0.05, 0) is 12.1 Å². The number of ether oxygens (including phenoxy) is 1. The molecule has 1 saturated heterocycles. The molecule has 1 aliphatic heterocycles. The van der Waals surface area contributed by atoms with E-state index in [1.807, 2.05) is 0 Å². The highest BCUT2D eigenvalue weighted by Crippen LogP contribution is 2.20. The monoisotopic (exact) mass is 321 g/mol. The molecule has 1 heterocycles. The molecule has 4 N–H and O–H groups in total. The van der Waals surface area contributed by atoms with Crippen molar-refractivity contribution in [3.05, 3.63) is 35.9 Å². The van der Waals surface area contributed by atoms with Crippen LogP contribution in [0.5, 0.6) is 0 Å². The minimum Gasteiger partial charge on any atom is -0.450 e. The number of likely N-dealkylation sites (tertiary alicyclic amines) is 1. The van der Waals surface area contributed by atoms with Crippen LogP contribution < -0.4 is 11.1 Å². The van der Waals surface area contributed by atoms with Crippen molar-refractivity contribution in [3.63, 3.8) is 0 Å². The summed E-state index contributed by atoms with van der Waals surface area (Å²) >= 11 is 0. The number of nitrogens with zero attached hydrogens (tertiary/aromatic N) is 1. The fraction of sp³-hybridized carbons (Fsp3) is 0.400. The molecule has 0 aliphatic carbocycles.